The highest BCUT2D eigenvalue weighted by molar-refractivity contribution is 9.10. The molecule has 3 aromatic carbocycles. The second-order valence-electron chi connectivity index (χ2n) is 7.92. The molecule has 184 valence electrons. The van der Waals surface area contributed by atoms with E-state index in [9.17, 15) is 14.4 Å². The van der Waals surface area contributed by atoms with Gasteiger partial charge in [0.1, 0.15) is 0 Å². The summed E-state index contributed by atoms with van der Waals surface area (Å²) in [5, 5.41) is 0.181. The first-order chi connectivity index (χ1) is 17.2. The zero-order valence-electron chi connectivity index (χ0n) is 19.4. The number of rotatable bonds is 7. The van der Waals surface area contributed by atoms with Crippen LogP contribution >= 0.6 is 39.3 Å². The van der Waals surface area contributed by atoms with E-state index in [1.807, 2.05) is 38.1 Å². The number of halogens is 2. The van der Waals surface area contributed by atoms with Gasteiger partial charge in [0.05, 0.1) is 28.1 Å². The summed E-state index contributed by atoms with van der Waals surface area (Å²) in [6.07, 6.45) is 1.62. The molecule has 1 fully saturated rings. The summed E-state index contributed by atoms with van der Waals surface area (Å²) in [5.41, 5.74) is 2.88. The van der Waals surface area contributed by atoms with Gasteiger partial charge in [-0.3, -0.25) is 14.5 Å². The second-order valence-corrected chi connectivity index (χ2v) is 10.2. The summed E-state index contributed by atoms with van der Waals surface area (Å²) < 4.78 is 11.8. The minimum absolute atomic E-state index is 0.206. The molecule has 0 saturated carbocycles. The molecule has 1 aliphatic rings. The molecule has 1 heterocycles. The highest BCUT2D eigenvalue weighted by atomic mass is 79.9. The van der Waals surface area contributed by atoms with Crippen LogP contribution in [0.2, 0.25) is 5.02 Å². The van der Waals surface area contributed by atoms with Gasteiger partial charge in [0.15, 0.2) is 11.5 Å². The molecule has 0 radical (unpaired) electrons. The maximum absolute atomic E-state index is 13.0. The monoisotopic (exact) mass is 585 g/mol. The molecule has 0 aliphatic carbocycles. The van der Waals surface area contributed by atoms with Crippen LogP contribution in [0.4, 0.5) is 4.79 Å². The van der Waals surface area contributed by atoms with Crippen LogP contribution in [0.25, 0.3) is 6.08 Å². The van der Waals surface area contributed by atoms with Crippen LogP contribution in [-0.2, 0) is 11.3 Å². The third-order valence-electron chi connectivity index (χ3n) is 5.20. The number of thioether (sulfide) groups is 1. The number of nitrogens with zero attached hydrogens (tertiary/aromatic N) is 1. The van der Waals surface area contributed by atoms with Gasteiger partial charge in [-0.05, 0) is 95.1 Å². The van der Waals surface area contributed by atoms with Gasteiger partial charge < -0.3 is 9.47 Å². The van der Waals surface area contributed by atoms with Crippen molar-refractivity contribution in [3.8, 4) is 11.5 Å². The summed E-state index contributed by atoms with van der Waals surface area (Å²) in [5.74, 6) is -0.405. The zero-order chi connectivity index (χ0) is 25.8. The Balaban J connectivity index is 1.58. The molecule has 6 nitrogen and oxygen atoms in total. The summed E-state index contributed by atoms with van der Waals surface area (Å²) in [6.45, 7) is 4.30. The van der Waals surface area contributed by atoms with Gasteiger partial charge in [-0.1, -0.05) is 41.4 Å². The minimum Gasteiger partial charge on any atom is -0.490 e. The number of esters is 1. The number of benzene rings is 3. The molecule has 3 aromatic rings. The Morgan fingerprint density at radius 1 is 1.11 bits per heavy atom. The fourth-order valence-corrected chi connectivity index (χ4v) is 5.06. The number of carbonyl (C=O) groups excluding carboxylic acids is 3. The van der Waals surface area contributed by atoms with Gasteiger partial charge in [-0.2, -0.15) is 0 Å². The molecule has 1 saturated heterocycles. The van der Waals surface area contributed by atoms with E-state index >= 15 is 0 Å². The highest BCUT2D eigenvalue weighted by Crippen LogP contribution is 2.40. The molecule has 0 spiro atoms. The normalized spacial score (nSPS) is 14.4. The topological polar surface area (TPSA) is 72.9 Å². The zero-order valence-corrected chi connectivity index (χ0v) is 22.6. The van der Waals surface area contributed by atoms with E-state index in [0.29, 0.717) is 37.9 Å². The molecule has 0 N–H and O–H groups in total. The van der Waals surface area contributed by atoms with E-state index < -0.39 is 5.97 Å². The molecule has 0 unspecified atom stereocenters. The average molecular weight is 587 g/mol. The summed E-state index contributed by atoms with van der Waals surface area (Å²) in [7, 11) is 0. The number of aryl methyl sites for hydroxylation is 1. The van der Waals surface area contributed by atoms with Crippen LogP contribution in [0.1, 0.15) is 34.0 Å². The molecule has 4 rings (SSSR count). The van der Waals surface area contributed by atoms with Crippen molar-refractivity contribution in [2.45, 2.75) is 20.4 Å². The predicted molar refractivity (Wildman–Crippen MR) is 144 cm³/mol. The number of carbonyl (C=O) groups is 3. The predicted octanol–water partition coefficient (Wildman–Crippen LogP) is 7.27. The Hall–Kier alpha value is -3.07. The summed E-state index contributed by atoms with van der Waals surface area (Å²) in [6, 6.07) is 17.4. The van der Waals surface area contributed by atoms with Gasteiger partial charge >= 0.3 is 5.97 Å². The number of hydrogen-bond acceptors (Lipinski definition) is 6. The van der Waals surface area contributed by atoms with Gasteiger partial charge in [0, 0.05) is 5.02 Å². The Kier molecular flexibility index (Phi) is 8.18. The smallest absolute Gasteiger partial charge is 0.343 e. The molecule has 0 bridgehead atoms. The lowest BCUT2D eigenvalue weighted by Crippen LogP contribution is -2.27. The fourth-order valence-electron chi connectivity index (χ4n) is 3.55. The SMILES string of the molecule is CCOc1cc(/C=C2\SC(=O)N(Cc3cccc(C)c3)C2=O)cc(Br)c1OC(=O)c1ccc(Cl)cc1. The maximum Gasteiger partial charge on any atom is 0.343 e. The number of amides is 2. The van der Waals surface area contributed by atoms with Gasteiger partial charge in [-0.25, -0.2) is 4.79 Å². The van der Waals surface area contributed by atoms with E-state index in [1.165, 1.54) is 4.90 Å². The standard InChI is InChI=1S/C27H21BrClNO5S/c1-3-34-22-13-18(12-21(28)24(22)35-26(32)19-7-9-20(29)10-8-19)14-23-25(31)30(27(33)36-23)15-17-6-4-5-16(2)11-17/h4-14H,3,15H2,1-2H3/b23-14-. The van der Waals surface area contributed by atoms with E-state index in [4.69, 9.17) is 21.1 Å². The van der Waals surface area contributed by atoms with Gasteiger partial charge in [-0.15, -0.1) is 0 Å². The molecule has 0 aromatic heterocycles. The van der Waals surface area contributed by atoms with Crippen LogP contribution in [0.15, 0.2) is 70.0 Å². The molecule has 1 aliphatic heterocycles. The van der Waals surface area contributed by atoms with Crippen molar-refractivity contribution in [3.05, 3.63) is 97.3 Å². The van der Waals surface area contributed by atoms with Crippen LogP contribution in [0.3, 0.4) is 0 Å². The lowest BCUT2D eigenvalue weighted by molar-refractivity contribution is -0.123. The van der Waals surface area contributed by atoms with E-state index in [0.717, 1.165) is 22.9 Å². The molecular weight excluding hydrogens is 566 g/mol. The van der Waals surface area contributed by atoms with Crippen molar-refractivity contribution in [1.29, 1.82) is 0 Å². The van der Waals surface area contributed by atoms with Crippen LogP contribution < -0.4 is 9.47 Å². The van der Waals surface area contributed by atoms with Crippen molar-refractivity contribution in [3.63, 3.8) is 0 Å². The molecule has 0 atom stereocenters. The van der Waals surface area contributed by atoms with Crippen LogP contribution in [0, 0.1) is 6.92 Å². The van der Waals surface area contributed by atoms with Crippen molar-refractivity contribution in [2.24, 2.45) is 0 Å². The van der Waals surface area contributed by atoms with Crippen molar-refractivity contribution < 1.29 is 23.9 Å². The largest absolute Gasteiger partial charge is 0.490 e. The first-order valence-corrected chi connectivity index (χ1v) is 13.0. The lowest BCUT2D eigenvalue weighted by atomic mass is 10.1. The molecular formula is C27H21BrClNO5S. The Labute approximate surface area is 226 Å². The summed E-state index contributed by atoms with van der Waals surface area (Å²) >= 11 is 10.2. The van der Waals surface area contributed by atoms with Crippen LogP contribution in [-0.4, -0.2) is 28.6 Å². The Morgan fingerprint density at radius 2 is 1.86 bits per heavy atom. The van der Waals surface area contributed by atoms with Crippen molar-refractivity contribution >= 4 is 62.5 Å². The van der Waals surface area contributed by atoms with Crippen LogP contribution in [0.5, 0.6) is 11.5 Å². The third-order valence-corrected chi connectivity index (χ3v) is 6.95. The quantitative estimate of drug-likeness (QED) is 0.165. The van der Waals surface area contributed by atoms with Gasteiger partial charge in [0.2, 0.25) is 0 Å². The minimum atomic E-state index is -0.571. The number of imide groups is 1. The maximum atomic E-state index is 13.0. The number of ether oxygens (including phenoxy) is 2. The molecule has 36 heavy (non-hydrogen) atoms. The van der Waals surface area contributed by atoms with Crippen molar-refractivity contribution in [1.82, 2.24) is 4.90 Å². The second kappa shape index (κ2) is 11.3. The van der Waals surface area contributed by atoms with E-state index in [2.05, 4.69) is 15.9 Å². The first kappa shape index (κ1) is 26.0. The first-order valence-electron chi connectivity index (χ1n) is 11.0. The highest BCUT2D eigenvalue weighted by Gasteiger charge is 2.35. The lowest BCUT2D eigenvalue weighted by Gasteiger charge is -2.14. The third kappa shape index (κ3) is 6.00. The average Bonchev–Trinajstić information content (AvgIpc) is 3.09. The van der Waals surface area contributed by atoms with Crippen molar-refractivity contribution in [2.75, 3.05) is 6.61 Å². The van der Waals surface area contributed by atoms with E-state index in [-0.39, 0.29) is 23.4 Å². The number of hydrogen-bond donors (Lipinski definition) is 0. The Bertz CT molecular complexity index is 1370. The summed E-state index contributed by atoms with van der Waals surface area (Å²) in [4.78, 5) is 39.7. The fraction of sp³-hybridized carbons (Fsp3) is 0.148. The van der Waals surface area contributed by atoms with E-state index in [1.54, 1.807) is 42.5 Å². The molecule has 2 amide bonds. The molecule has 9 heteroatoms. The Morgan fingerprint density at radius 3 is 2.56 bits per heavy atom. The van der Waals surface area contributed by atoms with Gasteiger partial charge in [0.25, 0.3) is 11.1 Å².